The first-order chi connectivity index (χ1) is 14.6. The average Bonchev–Trinajstić information content (AvgIpc) is 3.32. The molecule has 0 spiro atoms. The van der Waals surface area contributed by atoms with Gasteiger partial charge in [-0.2, -0.15) is 10.2 Å². The smallest absolute Gasteiger partial charge is 0.191 e. The molecular formula is C22H30N8. The minimum absolute atomic E-state index is 0.279. The predicted molar refractivity (Wildman–Crippen MR) is 118 cm³/mol. The summed E-state index contributed by atoms with van der Waals surface area (Å²) in [5.74, 6) is 2.81. The summed E-state index contributed by atoms with van der Waals surface area (Å²) in [6.45, 7) is 7.66. The van der Waals surface area contributed by atoms with Gasteiger partial charge in [-0.15, -0.1) is 0 Å². The highest BCUT2D eigenvalue weighted by Gasteiger charge is 2.22. The fourth-order valence-electron chi connectivity index (χ4n) is 3.93. The summed E-state index contributed by atoms with van der Waals surface area (Å²) in [5.41, 5.74) is 4.40. The third-order valence-corrected chi connectivity index (χ3v) is 5.46. The van der Waals surface area contributed by atoms with Crippen LogP contribution in [0.5, 0.6) is 0 Å². The zero-order valence-electron chi connectivity index (χ0n) is 18.2. The van der Waals surface area contributed by atoms with Crippen molar-refractivity contribution < 1.29 is 0 Å². The van der Waals surface area contributed by atoms with Crippen LogP contribution >= 0.6 is 0 Å². The van der Waals surface area contributed by atoms with E-state index in [-0.39, 0.29) is 6.04 Å². The third kappa shape index (κ3) is 4.22. The van der Waals surface area contributed by atoms with Crippen LogP contribution in [0.1, 0.15) is 41.9 Å². The van der Waals surface area contributed by atoms with E-state index in [9.17, 15) is 0 Å². The molecule has 3 heterocycles. The Kier molecular flexibility index (Phi) is 5.83. The summed E-state index contributed by atoms with van der Waals surface area (Å²) < 4.78 is 4.03. The maximum atomic E-state index is 4.64. The van der Waals surface area contributed by atoms with Gasteiger partial charge in [-0.05, 0) is 38.0 Å². The standard InChI is InChI=1S/C22H30N8/c1-5-20-26-21-11-10-18(14-29(21)28-20)25-22(23-4)24-13-17-8-6-7-9-19(17)30-16(3)12-15(2)27-30/h6-9,12,18H,5,10-11,13-14H2,1-4H3,(H2,23,24,25). The number of fused-ring (bicyclic) bond motifs is 1. The molecule has 0 amide bonds. The molecule has 1 unspecified atom stereocenters. The molecule has 0 aliphatic carbocycles. The molecule has 2 N–H and O–H groups in total. The van der Waals surface area contributed by atoms with Crippen LogP contribution in [0, 0.1) is 13.8 Å². The van der Waals surface area contributed by atoms with Gasteiger partial charge in [-0.3, -0.25) is 4.99 Å². The minimum Gasteiger partial charge on any atom is -0.352 e. The van der Waals surface area contributed by atoms with E-state index in [2.05, 4.69) is 68.9 Å². The van der Waals surface area contributed by atoms with Crippen LogP contribution in [0.25, 0.3) is 5.69 Å². The third-order valence-electron chi connectivity index (χ3n) is 5.46. The van der Waals surface area contributed by atoms with Crippen LogP contribution in [0.2, 0.25) is 0 Å². The lowest BCUT2D eigenvalue weighted by molar-refractivity contribution is 0.392. The molecule has 30 heavy (non-hydrogen) atoms. The van der Waals surface area contributed by atoms with Gasteiger partial charge >= 0.3 is 0 Å². The molecule has 0 bridgehead atoms. The number of nitrogens with one attached hydrogen (secondary N) is 2. The number of para-hydroxylation sites is 1. The molecule has 1 aliphatic rings. The first-order valence-electron chi connectivity index (χ1n) is 10.6. The van der Waals surface area contributed by atoms with Gasteiger partial charge in [-0.1, -0.05) is 25.1 Å². The molecular weight excluding hydrogens is 376 g/mol. The Morgan fingerprint density at radius 2 is 2.07 bits per heavy atom. The molecule has 158 valence electrons. The van der Waals surface area contributed by atoms with E-state index < -0.39 is 0 Å². The molecule has 8 nitrogen and oxygen atoms in total. The van der Waals surface area contributed by atoms with Gasteiger partial charge in [0.15, 0.2) is 11.8 Å². The Hall–Kier alpha value is -3.16. The summed E-state index contributed by atoms with van der Waals surface area (Å²) in [4.78, 5) is 9.02. The SMILES string of the molecule is CCc1nc2n(n1)CC(NC(=NC)NCc1ccccc1-n1nc(C)cc1C)CC2. The van der Waals surface area contributed by atoms with E-state index in [1.807, 2.05) is 22.4 Å². The van der Waals surface area contributed by atoms with Crippen molar-refractivity contribution in [2.45, 2.75) is 59.2 Å². The Labute approximate surface area is 177 Å². The maximum absolute atomic E-state index is 4.64. The molecule has 1 aromatic carbocycles. The van der Waals surface area contributed by atoms with Crippen LogP contribution in [-0.4, -0.2) is 43.6 Å². The van der Waals surface area contributed by atoms with Crippen LogP contribution < -0.4 is 10.6 Å². The van der Waals surface area contributed by atoms with Gasteiger partial charge in [0.05, 0.1) is 17.9 Å². The highest BCUT2D eigenvalue weighted by molar-refractivity contribution is 5.80. The molecule has 8 heteroatoms. The normalized spacial score (nSPS) is 16.4. The molecule has 0 saturated carbocycles. The monoisotopic (exact) mass is 406 g/mol. The molecule has 4 rings (SSSR count). The van der Waals surface area contributed by atoms with Crippen molar-refractivity contribution in [2.24, 2.45) is 4.99 Å². The Balaban J connectivity index is 1.42. The number of benzene rings is 1. The number of hydrogen-bond acceptors (Lipinski definition) is 4. The van der Waals surface area contributed by atoms with Gasteiger partial charge in [0, 0.05) is 38.2 Å². The number of aryl methyl sites for hydroxylation is 4. The van der Waals surface area contributed by atoms with E-state index in [0.717, 1.165) is 60.5 Å². The lowest BCUT2D eigenvalue weighted by Gasteiger charge is -2.25. The molecule has 0 fully saturated rings. The fourth-order valence-corrected chi connectivity index (χ4v) is 3.93. The molecule has 0 saturated heterocycles. The van der Waals surface area contributed by atoms with Gasteiger partial charge in [0.2, 0.25) is 0 Å². The molecule has 2 aromatic heterocycles. The molecule has 1 aliphatic heterocycles. The topological polar surface area (TPSA) is 85.0 Å². The predicted octanol–water partition coefficient (Wildman–Crippen LogP) is 2.32. The summed E-state index contributed by atoms with van der Waals surface area (Å²) >= 11 is 0. The highest BCUT2D eigenvalue weighted by atomic mass is 15.4. The number of guanidine groups is 1. The van der Waals surface area contributed by atoms with Crippen LogP contribution in [0.15, 0.2) is 35.3 Å². The second-order valence-electron chi connectivity index (χ2n) is 7.75. The quantitative estimate of drug-likeness (QED) is 0.502. The number of hydrogen-bond donors (Lipinski definition) is 2. The molecule has 1 atom stereocenters. The van der Waals surface area contributed by atoms with Crippen molar-refractivity contribution in [3.05, 3.63) is 58.9 Å². The minimum atomic E-state index is 0.279. The lowest BCUT2D eigenvalue weighted by atomic mass is 10.1. The summed E-state index contributed by atoms with van der Waals surface area (Å²) in [6, 6.07) is 10.7. The van der Waals surface area contributed by atoms with E-state index in [4.69, 9.17) is 0 Å². The van der Waals surface area contributed by atoms with Gasteiger partial charge in [0.25, 0.3) is 0 Å². The first kappa shape index (κ1) is 20.1. The zero-order chi connectivity index (χ0) is 21.1. The number of nitrogens with zero attached hydrogens (tertiary/aromatic N) is 6. The van der Waals surface area contributed by atoms with Crippen LogP contribution in [-0.2, 0) is 25.9 Å². The summed E-state index contributed by atoms with van der Waals surface area (Å²) in [5, 5.41) is 16.2. The maximum Gasteiger partial charge on any atom is 0.191 e. The van der Waals surface area contributed by atoms with Crippen molar-refractivity contribution in [3.8, 4) is 5.69 Å². The largest absolute Gasteiger partial charge is 0.352 e. The second kappa shape index (κ2) is 8.69. The van der Waals surface area contributed by atoms with E-state index in [1.54, 1.807) is 7.05 Å². The van der Waals surface area contributed by atoms with Crippen LogP contribution in [0.3, 0.4) is 0 Å². The number of aliphatic imine (C=N–C) groups is 1. The highest BCUT2D eigenvalue weighted by Crippen LogP contribution is 2.17. The Bertz CT molecular complexity index is 1050. The van der Waals surface area contributed by atoms with Crippen molar-refractivity contribution in [1.29, 1.82) is 0 Å². The van der Waals surface area contributed by atoms with E-state index in [1.165, 1.54) is 5.56 Å². The van der Waals surface area contributed by atoms with Gasteiger partial charge < -0.3 is 10.6 Å². The number of aromatic nitrogens is 5. The van der Waals surface area contributed by atoms with Crippen LogP contribution in [0.4, 0.5) is 0 Å². The zero-order valence-corrected chi connectivity index (χ0v) is 18.2. The second-order valence-corrected chi connectivity index (χ2v) is 7.75. The van der Waals surface area contributed by atoms with Crippen molar-refractivity contribution in [2.75, 3.05) is 7.05 Å². The average molecular weight is 407 g/mol. The number of rotatable bonds is 5. The van der Waals surface area contributed by atoms with Gasteiger partial charge in [0.1, 0.15) is 5.82 Å². The van der Waals surface area contributed by atoms with Gasteiger partial charge in [-0.25, -0.2) is 14.3 Å². The first-order valence-corrected chi connectivity index (χ1v) is 10.6. The van der Waals surface area contributed by atoms with Crippen molar-refractivity contribution in [1.82, 2.24) is 35.2 Å². The van der Waals surface area contributed by atoms with E-state index in [0.29, 0.717) is 6.54 Å². The van der Waals surface area contributed by atoms with Crippen molar-refractivity contribution >= 4 is 5.96 Å². The Morgan fingerprint density at radius 1 is 1.23 bits per heavy atom. The van der Waals surface area contributed by atoms with Crippen molar-refractivity contribution in [3.63, 3.8) is 0 Å². The Morgan fingerprint density at radius 3 is 2.80 bits per heavy atom. The lowest BCUT2D eigenvalue weighted by Crippen LogP contribution is -2.46. The molecule has 3 aromatic rings. The van der Waals surface area contributed by atoms with E-state index >= 15 is 0 Å². The fraction of sp³-hybridized carbons (Fsp3) is 0.455. The summed E-state index contributed by atoms with van der Waals surface area (Å²) in [6.07, 6.45) is 2.82. The molecule has 0 radical (unpaired) electrons. The summed E-state index contributed by atoms with van der Waals surface area (Å²) in [7, 11) is 1.81.